The van der Waals surface area contributed by atoms with Gasteiger partial charge in [-0.05, 0) is 24.2 Å². The highest BCUT2D eigenvalue weighted by atomic mass is 32.2. The maximum Gasteiger partial charge on any atom is 0.336 e. The van der Waals surface area contributed by atoms with E-state index in [9.17, 15) is 8.42 Å². The van der Waals surface area contributed by atoms with Crippen molar-refractivity contribution in [2.24, 2.45) is 16.7 Å². The normalized spacial score (nSPS) is 54.5. The quantitative estimate of drug-likeness (QED) is 0.678. The summed E-state index contributed by atoms with van der Waals surface area (Å²) >= 11 is 0. The van der Waals surface area contributed by atoms with Crippen LogP contribution in [0.5, 0.6) is 0 Å². The predicted molar refractivity (Wildman–Crippen MR) is 55.3 cm³/mol. The van der Waals surface area contributed by atoms with E-state index >= 15 is 0 Å². The van der Waals surface area contributed by atoms with E-state index < -0.39 is 10.3 Å². The number of nitrogens with one attached hydrogen (secondary N) is 1. The Labute approximate surface area is 90.6 Å². The molecule has 0 aromatic rings. The molecule has 3 aliphatic rings. The van der Waals surface area contributed by atoms with Crippen molar-refractivity contribution in [3.05, 3.63) is 0 Å². The third-order valence-corrected chi connectivity index (χ3v) is 6.29. The Morgan fingerprint density at radius 1 is 1.33 bits per heavy atom. The molecule has 1 N–H and O–H groups in total. The minimum atomic E-state index is -3.47. The van der Waals surface area contributed by atoms with Gasteiger partial charge in [-0.3, -0.25) is 4.18 Å². The summed E-state index contributed by atoms with van der Waals surface area (Å²) in [5.74, 6) is 0.421. The molecule has 0 aromatic heterocycles. The highest BCUT2D eigenvalue weighted by molar-refractivity contribution is 7.85. The fraction of sp³-hybridized carbons (Fsp3) is 1.00. The zero-order valence-corrected chi connectivity index (χ0v) is 10.1. The third-order valence-electron chi connectivity index (χ3n) is 5.27. The first kappa shape index (κ1) is 10.1. The molecule has 1 aliphatic heterocycles. The average Bonchev–Trinajstić information content (AvgIpc) is 2.55. The van der Waals surface area contributed by atoms with Crippen LogP contribution in [0, 0.1) is 16.7 Å². The van der Waals surface area contributed by atoms with Crippen LogP contribution in [0.2, 0.25) is 0 Å². The van der Waals surface area contributed by atoms with Crippen LogP contribution in [0.25, 0.3) is 0 Å². The number of rotatable bonds is 0. The predicted octanol–water partition coefficient (Wildman–Crippen LogP) is 1.04. The first-order valence-electron chi connectivity index (χ1n) is 5.48. The number of hydrogen-bond acceptors (Lipinski definition) is 3. The Morgan fingerprint density at radius 3 is 2.60 bits per heavy atom. The molecule has 0 spiro atoms. The van der Waals surface area contributed by atoms with Crippen molar-refractivity contribution in [3.8, 4) is 0 Å². The second kappa shape index (κ2) is 2.41. The van der Waals surface area contributed by atoms with Crippen molar-refractivity contribution in [1.29, 1.82) is 0 Å². The Kier molecular flexibility index (Phi) is 1.62. The van der Waals surface area contributed by atoms with Crippen molar-refractivity contribution >= 4 is 10.3 Å². The molecule has 4 nitrogen and oxygen atoms in total. The fourth-order valence-electron chi connectivity index (χ4n) is 3.95. The van der Waals surface area contributed by atoms with E-state index in [1.165, 1.54) is 0 Å². The summed E-state index contributed by atoms with van der Waals surface area (Å²) in [7, 11) is -3.47. The van der Waals surface area contributed by atoms with Crippen LogP contribution in [0.1, 0.15) is 33.6 Å². The molecule has 3 fully saturated rings. The van der Waals surface area contributed by atoms with E-state index in [-0.39, 0.29) is 23.0 Å². The summed E-state index contributed by atoms with van der Waals surface area (Å²) in [5, 5.41) is 0. The van der Waals surface area contributed by atoms with E-state index in [0.29, 0.717) is 5.92 Å². The molecule has 2 bridgehead atoms. The van der Waals surface area contributed by atoms with Gasteiger partial charge in [0.25, 0.3) is 0 Å². The molecule has 2 saturated carbocycles. The van der Waals surface area contributed by atoms with E-state index in [1.807, 2.05) is 0 Å². The van der Waals surface area contributed by atoms with Crippen molar-refractivity contribution in [2.75, 3.05) is 0 Å². The van der Waals surface area contributed by atoms with Crippen LogP contribution < -0.4 is 4.72 Å². The average molecular weight is 231 g/mol. The lowest BCUT2D eigenvalue weighted by Crippen LogP contribution is -2.40. The van der Waals surface area contributed by atoms with Gasteiger partial charge in [-0.2, -0.15) is 13.1 Å². The van der Waals surface area contributed by atoms with Crippen molar-refractivity contribution in [1.82, 2.24) is 4.72 Å². The zero-order valence-electron chi connectivity index (χ0n) is 9.28. The molecular formula is C10H17NO3S. The highest BCUT2D eigenvalue weighted by Gasteiger charge is 2.70. The first-order chi connectivity index (χ1) is 6.78. The minimum Gasteiger partial charge on any atom is -0.252 e. The number of fused-ring (bicyclic) bond motifs is 5. The fourth-order valence-corrected chi connectivity index (χ4v) is 5.23. The molecule has 4 unspecified atom stereocenters. The van der Waals surface area contributed by atoms with Crippen molar-refractivity contribution < 1.29 is 12.6 Å². The molecule has 0 amide bonds. The van der Waals surface area contributed by atoms with Gasteiger partial charge in [-0.25, -0.2) is 0 Å². The maximum absolute atomic E-state index is 11.4. The van der Waals surface area contributed by atoms with E-state index in [2.05, 4.69) is 25.5 Å². The highest BCUT2D eigenvalue weighted by Crippen LogP contribution is 2.67. The molecule has 3 rings (SSSR count). The van der Waals surface area contributed by atoms with Gasteiger partial charge < -0.3 is 0 Å². The van der Waals surface area contributed by atoms with Gasteiger partial charge in [0.15, 0.2) is 0 Å². The monoisotopic (exact) mass is 231 g/mol. The zero-order chi connectivity index (χ0) is 11.1. The van der Waals surface area contributed by atoms with Crippen LogP contribution in [0.15, 0.2) is 0 Å². The van der Waals surface area contributed by atoms with Crippen LogP contribution in [-0.4, -0.2) is 20.6 Å². The van der Waals surface area contributed by atoms with Gasteiger partial charge in [0.1, 0.15) is 6.10 Å². The topological polar surface area (TPSA) is 55.4 Å². The van der Waals surface area contributed by atoms with Crippen LogP contribution >= 0.6 is 0 Å². The Bertz CT molecular complexity index is 416. The Morgan fingerprint density at radius 2 is 2.00 bits per heavy atom. The summed E-state index contributed by atoms with van der Waals surface area (Å²) in [5.41, 5.74) is 0.171. The van der Waals surface area contributed by atoms with Gasteiger partial charge in [0.2, 0.25) is 0 Å². The van der Waals surface area contributed by atoms with Gasteiger partial charge >= 0.3 is 10.3 Å². The minimum absolute atomic E-state index is 0.00109. The molecule has 0 radical (unpaired) electrons. The van der Waals surface area contributed by atoms with Gasteiger partial charge in [-0.15, -0.1) is 0 Å². The molecule has 2 aliphatic carbocycles. The van der Waals surface area contributed by atoms with E-state index in [0.717, 1.165) is 12.8 Å². The van der Waals surface area contributed by atoms with Crippen LogP contribution in [0.3, 0.4) is 0 Å². The summed E-state index contributed by atoms with van der Waals surface area (Å²) in [6, 6.07) is 0.00347. The van der Waals surface area contributed by atoms with E-state index in [1.54, 1.807) is 0 Å². The van der Waals surface area contributed by atoms with Crippen LogP contribution in [0.4, 0.5) is 0 Å². The lowest BCUT2D eigenvalue weighted by Gasteiger charge is -2.37. The summed E-state index contributed by atoms with van der Waals surface area (Å²) in [6.07, 6.45) is 2.02. The van der Waals surface area contributed by atoms with Crippen molar-refractivity contribution in [2.45, 2.75) is 45.8 Å². The summed E-state index contributed by atoms with van der Waals surface area (Å²) in [4.78, 5) is 0. The SMILES string of the molecule is CC1(C)C2CCC1(C)C1OS(=O)(=O)NC21. The van der Waals surface area contributed by atoms with E-state index in [4.69, 9.17) is 4.18 Å². The maximum atomic E-state index is 11.4. The standard InChI is InChI=1S/C10H17NO3S/c1-9(2)6-4-5-10(9,3)8-7(6)11-15(12,13)14-8/h6-8,11H,4-5H2,1-3H3. The second-order valence-electron chi connectivity index (χ2n) is 5.90. The molecule has 15 heavy (non-hydrogen) atoms. The smallest absolute Gasteiger partial charge is 0.252 e. The van der Waals surface area contributed by atoms with Gasteiger partial charge in [0, 0.05) is 5.41 Å². The molecule has 4 atom stereocenters. The molecule has 1 heterocycles. The first-order valence-corrected chi connectivity index (χ1v) is 6.89. The van der Waals surface area contributed by atoms with Gasteiger partial charge in [0.05, 0.1) is 6.04 Å². The Balaban J connectivity index is 2.09. The lowest BCUT2D eigenvalue weighted by molar-refractivity contribution is 0.0403. The second-order valence-corrected chi connectivity index (χ2v) is 7.24. The largest absolute Gasteiger partial charge is 0.336 e. The van der Waals surface area contributed by atoms with Gasteiger partial charge in [-0.1, -0.05) is 20.8 Å². The number of hydrogen-bond donors (Lipinski definition) is 1. The Hall–Kier alpha value is -0.130. The summed E-state index contributed by atoms with van der Waals surface area (Å²) in [6.45, 7) is 6.64. The molecule has 0 aromatic carbocycles. The van der Waals surface area contributed by atoms with Crippen molar-refractivity contribution in [3.63, 3.8) is 0 Å². The third kappa shape index (κ3) is 0.971. The molecule has 86 valence electrons. The molecular weight excluding hydrogens is 214 g/mol. The molecule has 1 saturated heterocycles. The van der Waals surface area contributed by atoms with Crippen LogP contribution in [-0.2, 0) is 14.5 Å². The lowest BCUT2D eigenvalue weighted by atomic mass is 9.70. The summed E-state index contributed by atoms with van der Waals surface area (Å²) < 4.78 is 30.6. The molecule has 5 heteroatoms.